The highest BCUT2D eigenvalue weighted by Gasteiger charge is 2.29. The number of aromatic nitrogens is 1. The van der Waals surface area contributed by atoms with Gasteiger partial charge in [0, 0.05) is 31.7 Å². The molecule has 2 N–H and O–H groups in total. The Bertz CT molecular complexity index is 814. The first-order chi connectivity index (χ1) is 12.0. The van der Waals surface area contributed by atoms with Gasteiger partial charge in [0.15, 0.2) is 0 Å². The van der Waals surface area contributed by atoms with Crippen LogP contribution in [-0.2, 0) is 9.59 Å². The third-order valence-corrected chi connectivity index (χ3v) is 4.66. The maximum absolute atomic E-state index is 12.7. The fourth-order valence-electron chi connectivity index (χ4n) is 3.25. The van der Waals surface area contributed by atoms with Crippen LogP contribution in [0.15, 0.2) is 30.5 Å². The normalized spacial score (nSPS) is 17.5. The molecule has 2 heterocycles. The van der Waals surface area contributed by atoms with Crippen molar-refractivity contribution in [3.63, 3.8) is 0 Å². The molecule has 0 spiro atoms. The van der Waals surface area contributed by atoms with Gasteiger partial charge in [0.2, 0.25) is 5.91 Å². The number of carbonyl (C=O) groups excluding carboxylic acids is 2. The molecule has 2 amide bonds. The summed E-state index contributed by atoms with van der Waals surface area (Å²) >= 11 is 0. The van der Waals surface area contributed by atoms with Gasteiger partial charge < -0.3 is 19.9 Å². The monoisotopic (exact) mass is 343 g/mol. The molecule has 3 rings (SSSR count). The van der Waals surface area contributed by atoms with Gasteiger partial charge in [-0.25, -0.2) is 0 Å². The molecule has 0 saturated carbocycles. The number of aromatic amines is 1. The summed E-state index contributed by atoms with van der Waals surface area (Å²) in [6.45, 7) is 0.682. The Labute approximate surface area is 145 Å². The van der Waals surface area contributed by atoms with Gasteiger partial charge in [-0.2, -0.15) is 0 Å². The van der Waals surface area contributed by atoms with Crippen LogP contribution in [0.1, 0.15) is 23.2 Å². The van der Waals surface area contributed by atoms with Gasteiger partial charge in [-0.1, -0.05) is 12.1 Å². The van der Waals surface area contributed by atoms with E-state index in [0.717, 1.165) is 10.9 Å². The van der Waals surface area contributed by atoms with Gasteiger partial charge in [-0.15, -0.1) is 0 Å². The van der Waals surface area contributed by atoms with Crippen LogP contribution in [0.2, 0.25) is 0 Å². The summed E-state index contributed by atoms with van der Waals surface area (Å²) in [5, 5.41) is 10.1. The van der Waals surface area contributed by atoms with Crippen LogP contribution in [0.4, 0.5) is 0 Å². The van der Waals surface area contributed by atoms with Gasteiger partial charge >= 0.3 is 5.97 Å². The number of likely N-dealkylation sites (tertiary alicyclic amines) is 1. The highest BCUT2D eigenvalue weighted by Crippen LogP contribution is 2.19. The molecule has 2 aromatic rings. The van der Waals surface area contributed by atoms with E-state index in [-0.39, 0.29) is 24.9 Å². The quantitative estimate of drug-likeness (QED) is 0.881. The maximum Gasteiger partial charge on any atom is 0.308 e. The number of nitrogens with one attached hydrogen (secondary N) is 1. The summed E-state index contributed by atoms with van der Waals surface area (Å²) in [5.74, 6) is -1.86. The zero-order valence-electron chi connectivity index (χ0n) is 14.1. The van der Waals surface area contributed by atoms with Crippen LogP contribution >= 0.6 is 0 Å². The van der Waals surface area contributed by atoms with Crippen LogP contribution < -0.4 is 0 Å². The van der Waals surface area contributed by atoms with Gasteiger partial charge in [0.05, 0.1) is 23.5 Å². The Morgan fingerprint density at radius 2 is 2.12 bits per heavy atom. The van der Waals surface area contributed by atoms with Crippen molar-refractivity contribution in [2.75, 3.05) is 26.7 Å². The molecule has 1 aromatic carbocycles. The van der Waals surface area contributed by atoms with Gasteiger partial charge in [0.1, 0.15) is 0 Å². The molecule has 25 heavy (non-hydrogen) atoms. The average Bonchev–Trinajstić information content (AvgIpc) is 3.09. The van der Waals surface area contributed by atoms with E-state index in [1.165, 1.54) is 4.90 Å². The number of likely N-dealkylation sites (N-methyl/N-ethyl adjacent to an activating group) is 1. The molecular formula is C18H21N3O4. The Hall–Kier alpha value is -2.83. The van der Waals surface area contributed by atoms with Crippen LogP contribution in [0.5, 0.6) is 0 Å². The molecule has 0 bridgehead atoms. The van der Waals surface area contributed by atoms with Crippen molar-refractivity contribution in [2.45, 2.75) is 12.8 Å². The van der Waals surface area contributed by atoms with Crippen molar-refractivity contribution < 1.29 is 19.5 Å². The number of aliphatic carboxylic acids is 1. The van der Waals surface area contributed by atoms with E-state index < -0.39 is 11.9 Å². The number of nitrogens with zero attached hydrogens (tertiary/aromatic N) is 2. The molecule has 1 aliphatic heterocycles. The van der Waals surface area contributed by atoms with E-state index >= 15 is 0 Å². The number of fused-ring (bicyclic) bond motifs is 1. The number of piperidine rings is 1. The lowest BCUT2D eigenvalue weighted by atomic mass is 9.98. The van der Waals surface area contributed by atoms with E-state index in [2.05, 4.69) is 4.98 Å². The maximum atomic E-state index is 12.7. The number of hydrogen-bond acceptors (Lipinski definition) is 3. The lowest BCUT2D eigenvalue weighted by Crippen LogP contribution is -2.46. The lowest BCUT2D eigenvalue weighted by molar-refractivity contribution is -0.145. The number of hydrogen-bond donors (Lipinski definition) is 2. The number of para-hydroxylation sites is 1. The minimum absolute atomic E-state index is 0.0672. The van der Waals surface area contributed by atoms with E-state index in [9.17, 15) is 14.4 Å². The third kappa shape index (κ3) is 3.50. The topological polar surface area (TPSA) is 93.7 Å². The van der Waals surface area contributed by atoms with Crippen molar-refractivity contribution >= 4 is 28.7 Å². The van der Waals surface area contributed by atoms with Gasteiger partial charge in [-0.3, -0.25) is 14.4 Å². The molecule has 7 heteroatoms. The van der Waals surface area contributed by atoms with Crippen molar-refractivity contribution in [3.8, 4) is 0 Å². The largest absolute Gasteiger partial charge is 0.481 e. The average molecular weight is 343 g/mol. The number of benzene rings is 1. The minimum atomic E-state index is -0.875. The van der Waals surface area contributed by atoms with E-state index in [1.807, 2.05) is 12.1 Å². The van der Waals surface area contributed by atoms with E-state index in [4.69, 9.17) is 5.11 Å². The van der Waals surface area contributed by atoms with Crippen molar-refractivity contribution in [3.05, 3.63) is 36.0 Å². The molecule has 1 fully saturated rings. The zero-order valence-corrected chi connectivity index (χ0v) is 14.1. The standard InChI is InChI=1S/C18H21N3O4/c1-20(11-15(22)21-9-3-5-13(10-21)18(24)25)17(23)14-6-2-4-12-7-8-19-16(12)14/h2,4,6-8,13,19H,3,5,9-11H2,1H3,(H,24,25). The van der Waals surface area contributed by atoms with Gasteiger partial charge in [0.25, 0.3) is 5.91 Å². The third-order valence-electron chi connectivity index (χ3n) is 4.66. The molecule has 1 aliphatic rings. The smallest absolute Gasteiger partial charge is 0.308 e. The Balaban J connectivity index is 1.68. The molecule has 7 nitrogen and oxygen atoms in total. The lowest BCUT2D eigenvalue weighted by Gasteiger charge is -2.32. The number of rotatable bonds is 4. The zero-order chi connectivity index (χ0) is 18.0. The molecule has 1 atom stereocenters. The number of amides is 2. The fraction of sp³-hybridized carbons (Fsp3) is 0.389. The predicted octanol–water partition coefficient (Wildman–Crippen LogP) is 1.56. The molecular weight excluding hydrogens is 322 g/mol. The number of H-pyrrole nitrogens is 1. The second-order valence-electron chi connectivity index (χ2n) is 6.43. The molecule has 1 unspecified atom stereocenters. The predicted molar refractivity (Wildman–Crippen MR) is 92.2 cm³/mol. The molecule has 0 radical (unpaired) electrons. The summed E-state index contributed by atoms with van der Waals surface area (Å²) in [7, 11) is 1.58. The fourth-order valence-corrected chi connectivity index (χ4v) is 3.25. The first-order valence-corrected chi connectivity index (χ1v) is 8.29. The first-order valence-electron chi connectivity index (χ1n) is 8.29. The molecule has 0 aliphatic carbocycles. The first kappa shape index (κ1) is 17.0. The number of carboxylic acids is 1. The van der Waals surface area contributed by atoms with Crippen molar-refractivity contribution in [1.29, 1.82) is 0 Å². The molecule has 1 saturated heterocycles. The Morgan fingerprint density at radius 3 is 2.88 bits per heavy atom. The SMILES string of the molecule is CN(CC(=O)N1CCCC(C(=O)O)C1)C(=O)c1cccc2cc[nH]c12. The van der Waals surface area contributed by atoms with Crippen LogP contribution in [-0.4, -0.2) is 64.4 Å². The molecule has 132 valence electrons. The van der Waals surface area contributed by atoms with Crippen LogP contribution in [0, 0.1) is 5.92 Å². The highest BCUT2D eigenvalue weighted by molar-refractivity contribution is 6.06. The van der Waals surface area contributed by atoms with E-state index in [0.29, 0.717) is 24.9 Å². The number of carboxylic acid groups (broad SMARTS) is 1. The van der Waals surface area contributed by atoms with Gasteiger partial charge in [-0.05, 0) is 25.0 Å². The van der Waals surface area contributed by atoms with Crippen LogP contribution in [0.25, 0.3) is 10.9 Å². The summed E-state index contributed by atoms with van der Waals surface area (Å²) in [6.07, 6.45) is 3.03. The Kier molecular flexibility index (Phi) is 4.74. The molecule has 1 aromatic heterocycles. The second-order valence-corrected chi connectivity index (χ2v) is 6.43. The summed E-state index contributed by atoms with van der Waals surface area (Å²) in [4.78, 5) is 42.2. The number of carbonyl (C=O) groups is 3. The summed E-state index contributed by atoms with van der Waals surface area (Å²) < 4.78 is 0. The van der Waals surface area contributed by atoms with Crippen molar-refractivity contribution in [1.82, 2.24) is 14.8 Å². The summed E-state index contributed by atoms with van der Waals surface area (Å²) in [5.41, 5.74) is 1.26. The summed E-state index contributed by atoms with van der Waals surface area (Å²) in [6, 6.07) is 7.33. The second kappa shape index (κ2) is 6.96. The van der Waals surface area contributed by atoms with Crippen LogP contribution in [0.3, 0.4) is 0 Å². The Morgan fingerprint density at radius 1 is 1.32 bits per heavy atom. The van der Waals surface area contributed by atoms with Crippen molar-refractivity contribution in [2.24, 2.45) is 5.92 Å². The van der Waals surface area contributed by atoms with E-state index in [1.54, 1.807) is 30.3 Å². The minimum Gasteiger partial charge on any atom is -0.481 e. The highest BCUT2D eigenvalue weighted by atomic mass is 16.4.